The van der Waals surface area contributed by atoms with Gasteiger partial charge in [-0.3, -0.25) is 4.90 Å². The molecule has 0 spiro atoms. The number of rotatable bonds is 5. The lowest BCUT2D eigenvalue weighted by molar-refractivity contribution is 0.171. The van der Waals surface area contributed by atoms with Crippen molar-refractivity contribution in [2.24, 2.45) is 11.1 Å². The highest BCUT2D eigenvalue weighted by Gasteiger charge is 2.23. The van der Waals surface area contributed by atoms with Crippen molar-refractivity contribution in [3.05, 3.63) is 35.4 Å². The molecule has 0 heterocycles. The van der Waals surface area contributed by atoms with Crippen molar-refractivity contribution in [3.8, 4) is 0 Å². The van der Waals surface area contributed by atoms with E-state index in [-0.39, 0.29) is 11.5 Å². The average Bonchev–Trinajstić information content (AvgIpc) is 2.31. The normalized spacial score (nSPS) is 14.0. The molecule has 2 N–H and O–H groups in total. The van der Waals surface area contributed by atoms with Crippen LogP contribution in [0.15, 0.2) is 18.2 Å². The third-order valence-electron chi connectivity index (χ3n) is 3.32. The number of benzene rings is 1. The summed E-state index contributed by atoms with van der Waals surface area (Å²) in [6.07, 6.45) is 0. The van der Waals surface area contributed by atoms with Gasteiger partial charge in [-0.25, -0.2) is 8.78 Å². The van der Waals surface area contributed by atoms with Crippen molar-refractivity contribution in [2.75, 3.05) is 20.1 Å². The Morgan fingerprint density at radius 3 is 2.50 bits per heavy atom. The van der Waals surface area contributed by atoms with E-state index in [1.165, 1.54) is 6.07 Å². The number of hydrogen-bond donors (Lipinski definition) is 1. The van der Waals surface area contributed by atoms with Crippen LogP contribution in [-0.4, -0.2) is 25.0 Å². The molecule has 0 aromatic heterocycles. The van der Waals surface area contributed by atoms with E-state index in [0.717, 1.165) is 12.6 Å². The largest absolute Gasteiger partial charge is 0.330 e. The van der Waals surface area contributed by atoms with Crippen LogP contribution < -0.4 is 5.73 Å². The van der Waals surface area contributed by atoms with Crippen LogP contribution in [0, 0.1) is 17.0 Å². The summed E-state index contributed by atoms with van der Waals surface area (Å²) >= 11 is 0. The van der Waals surface area contributed by atoms with Crippen LogP contribution in [0.1, 0.15) is 32.4 Å². The number of halogens is 2. The van der Waals surface area contributed by atoms with Crippen LogP contribution in [0.3, 0.4) is 0 Å². The summed E-state index contributed by atoms with van der Waals surface area (Å²) in [5.74, 6) is -1.56. The van der Waals surface area contributed by atoms with Gasteiger partial charge in [-0.1, -0.05) is 26.0 Å². The molecule has 1 atom stereocenters. The maximum Gasteiger partial charge on any atom is 0.163 e. The van der Waals surface area contributed by atoms with Gasteiger partial charge in [0.25, 0.3) is 0 Å². The molecule has 1 rings (SSSR count). The van der Waals surface area contributed by atoms with E-state index >= 15 is 0 Å². The molecule has 0 fully saturated rings. The van der Waals surface area contributed by atoms with Gasteiger partial charge in [0, 0.05) is 18.2 Å². The van der Waals surface area contributed by atoms with Crippen molar-refractivity contribution < 1.29 is 8.78 Å². The fourth-order valence-corrected chi connectivity index (χ4v) is 1.96. The maximum atomic E-state index is 13.7. The molecule has 0 aliphatic rings. The van der Waals surface area contributed by atoms with Crippen molar-refractivity contribution in [1.29, 1.82) is 0 Å². The van der Waals surface area contributed by atoms with E-state index < -0.39 is 11.6 Å². The van der Waals surface area contributed by atoms with Gasteiger partial charge in [-0.15, -0.1) is 0 Å². The van der Waals surface area contributed by atoms with Crippen LogP contribution in [0.5, 0.6) is 0 Å². The highest BCUT2D eigenvalue weighted by Crippen LogP contribution is 2.26. The molecule has 0 aliphatic heterocycles. The molecule has 0 bridgehead atoms. The fraction of sp³-hybridized carbons (Fsp3) is 0.571. The van der Waals surface area contributed by atoms with E-state index in [9.17, 15) is 8.78 Å². The van der Waals surface area contributed by atoms with Crippen LogP contribution in [-0.2, 0) is 0 Å². The van der Waals surface area contributed by atoms with E-state index in [1.54, 1.807) is 6.07 Å². The molecule has 0 aliphatic carbocycles. The second-order valence-electron chi connectivity index (χ2n) is 5.60. The van der Waals surface area contributed by atoms with Gasteiger partial charge in [0.2, 0.25) is 0 Å². The van der Waals surface area contributed by atoms with Gasteiger partial charge < -0.3 is 5.73 Å². The summed E-state index contributed by atoms with van der Waals surface area (Å²) in [5, 5.41) is 0. The van der Waals surface area contributed by atoms with Gasteiger partial charge in [-0.05, 0) is 32.0 Å². The molecule has 1 aromatic carbocycles. The minimum absolute atomic E-state index is 0.0488. The molecular formula is C14H22F2N2. The molecule has 18 heavy (non-hydrogen) atoms. The number of hydrogen-bond acceptors (Lipinski definition) is 2. The standard InChI is InChI=1S/C14H22F2N2/c1-10(18(4)9-14(2,3)8-17)11-6-5-7-12(15)13(11)16/h5-7,10H,8-9,17H2,1-4H3. The van der Waals surface area contributed by atoms with E-state index in [2.05, 4.69) is 13.8 Å². The first kappa shape index (κ1) is 15.1. The Hall–Kier alpha value is -1.00. The molecule has 0 saturated heterocycles. The van der Waals surface area contributed by atoms with Crippen LogP contribution in [0.4, 0.5) is 8.78 Å². The van der Waals surface area contributed by atoms with Gasteiger partial charge in [-0.2, -0.15) is 0 Å². The van der Waals surface area contributed by atoms with Gasteiger partial charge >= 0.3 is 0 Å². The predicted molar refractivity (Wildman–Crippen MR) is 70.2 cm³/mol. The van der Waals surface area contributed by atoms with Crippen molar-refractivity contribution in [2.45, 2.75) is 26.8 Å². The van der Waals surface area contributed by atoms with Crippen molar-refractivity contribution >= 4 is 0 Å². The summed E-state index contributed by atoms with van der Waals surface area (Å²) in [6.45, 7) is 7.25. The molecule has 0 saturated carbocycles. The Morgan fingerprint density at radius 2 is 1.94 bits per heavy atom. The summed E-state index contributed by atoms with van der Waals surface area (Å²) in [5.41, 5.74) is 6.02. The van der Waals surface area contributed by atoms with E-state index in [4.69, 9.17) is 5.73 Å². The maximum absolute atomic E-state index is 13.7. The summed E-state index contributed by atoms with van der Waals surface area (Å²) in [6, 6.07) is 4.10. The molecule has 102 valence electrons. The lowest BCUT2D eigenvalue weighted by Crippen LogP contribution is -2.38. The third kappa shape index (κ3) is 3.50. The lowest BCUT2D eigenvalue weighted by Gasteiger charge is -2.33. The number of nitrogens with two attached hydrogens (primary N) is 1. The van der Waals surface area contributed by atoms with Crippen molar-refractivity contribution in [1.82, 2.24) is 4.90 Å². The fourth-order valence-electron chi connectivity index (χ4n) is 1.96. The van der Waals surface area contributed by atoms with Gasteiger partial charge in [0.05, 0.1) is 0 Å². The van der Waals surface area contributed by atoms with Gasteiger partial charge in [0.1, 0.15) is 0 Å². The molecule has 2 nitrogen and oxygen atoms in total. The average molecular weight is 256 g/mol. The molecule has 0 amide bonds. The van der Waals surface area contributed by atoms with E-state index in [0.29, 0.717) is 12.1 Å². The Labute approximate surface area is 108 Å². The third-order valence-corrected chi connectivity index (χ3v) is 3.32. The molecular weight excluding hydrogens is 234 g/mol. The predicted octanol–water partition coefficient (Wildman–Crippen LogP) is 2.94. The zero-order chi connectivity index (χ0) is 13.9. The lowest BCUT2D eigenvalue weighted by atomic mass is 9.92. The monoisotopic (exact) mass is 256 g/mol. The first-order valence-corrected chi connectivity index (χ1v) is 6.13. The van der Waals surface area contributed by atoms with Crippen LogP contribution in [0.25, 0.3) is 0 Å². The quantitative estimate of drug-likeness (QED) is 0.877. The second kappa shape index (κ2) is 5.76. The van der Waals surface area contributed by atoms with Gasteiger partial charge in [0.15, 0.2) is 11.6 Å². The molecule has 1 unspecified atom stereocenters. The second-order valence-corrected chi connectivity index (χ2v) is 5.60. The topological polar surface area (TPSA) is 29.3 Å². The first-order valence-electron chi connectivity index (χ1n) is 6.13. The molecule has 1 aromatic rings. The molecule has 4 heteroatoms. The highest BCUT2D eigenvalue weighted by atomic mass is 19.2. The molecule has 0 radical (unpaired) electrons. The SMILES string of the molecule is CC(c1cccc(F)c1F)N(C)CC(C)(C)CN. The Bertz CT molecular complexity index is 405. The minimum atomic E-state index is -0.800. The summed E-state index contributed by atoms with van der Waals surface area (Å²) in [4.78, 5) is 1.99. The first-order chi connectivity index (χ1) is 8.28. The Balaban J connectivity index is 2.87. The smallest absolute Gasteiger partial charge is 0.163 e. The zero-order valence-electron chi connectivity index (χ0n) is 11.5. The minimum Gasteiger partial charge on any atom is -0.330 e. The summed E-state index contributed by atoms with van der Waals surface area (Å²) in [7, 11) is 1.90. The zero-order valence-corrected chi connectivity index (χ0v) is 11.5. The van der Waals surface area contributed by atoms with Crippen molar-refractivity contribution in [3.63, 3.8) is 0 Å². The summed E-state index contributed by atoms with van der Waals surface area (Å²) < 4.78 is 26.9. The van der Waals surface area contributed by atoms with Crippen LogP contribution >= 0.6 is 0 Å². The van der Waals surface area contributed by atoms with Crippen LogP contribution in [0.2, 0.25) is 0 Å². The number of nitrogens with zero attached hydrogens (tertiary/aromatic N) is 1. The Morgan fingerprint density at radius 1 is 1.33 bits per heavy atom. The highest BCUT2D eigenvalue weighted by molar-refractivity contribution is 5.22. The Kier molecular flexibility index (Phi) is 4.82. The van der Waals surface area contributed by atoms with E-state index in [1.807, 2.05) is 18.9 Å².